The molecule has 0 spiro atoms. The van der Waals surface area contributed by atoms with E-state index in [1.807, 2.05) is 11.8 Å². The zero-order valence-corrected chi connectivity index (χ0v) is 10.2. The van der Waals surface area contributed by atoms with Gasteiger partial charge in [-0.05, 0) is 17.9 Å². The van der Waals surface area contributed by atoms with Crippen LogP contribution in [-0.2, 0) is 0 Å². The summed E-state index contributed by atoms with van der Waals surface area (Å²) in [6.45, 7) is 9.32. The van der Waals surface area contributed by atoms with E-state index in [0.717, 1.165) is 18.1 Å². The molecule has 0 bridgehead atoms. The van der Waals surface area contributed by atoms with Crippen LogP contribution in [0.25, 0.3) is 0 Å². The quantitative estimate of drug-likeness (QED) is 0.561. The molecule has 0 saturated carbocycles. The van der Waals surface area contributed by atoms with Gasteiger partial charge in [-0.25, -0.2) is 0 Å². The summed E-state index contributed by atoms with van der Waals surface area (Å²) in [5.41, 5.74) is 5.85. The van der Waals surface area contributed by atoms with Crippen LogP contribution in [0.2, 0.25) is 0 Å². The van der Waals surface area contributed by atoms with Crippen LogP contribution in [0.15, 0.2) is 4.99 Å². The van der Waals surface area contributed by atoms with Crippen molar-refractivity contribution in [1.29, 1.82) is 0 Å². The molecule has 0 aliphatic rings. The normalized spacial score (nSPS) is 15.9. The van der Waals surface area contributed by atoms with E-state index in [1.165, 1.54) is 0 Å². The summed E-state index contributed by atoms with van der Waals surface area (Å²) < 4.78 is 0. The third-order valence-electron chi connectivity index (χ3n) is 1.79. The fourth-order valence-corrected chi connectivity index (χ4v) is 1.50. The molecule has 2 N–H and O–H groups in total. The first-order valence-corrected chi connectivity index (χ1v) is 6.06. The van der Waals surface area contributed by atoms with Gasteiger partial charge in [0.2, 0.25) is 0 Å². The van der Waals surface area contributed by atoms with Crippen LogP contribution in [0.1, 0.15) is 27.7 Å². The molecule has 0 aliphatic heterocycles. The Morgan fingerprint density at radius 3 is 2.38 bits per heavy atom. The van der Waals surface area contributed by atoms with Crippen molar-refractivity contribution >= 4 is 17.6 Å². The maximum atomic E-state index is 5.84. The van der Waals surface area contributed by atoms with Crippen molar-refractivity contribution in [2.75, 3.05) is 18.6 Å². The first kappa shape index (κ1) is 12.8. The van der Waals surface area contributed by atoms with E-state index in [9.17, 15) is 0 Å². The maximum Gasteiger partial charge on any atom is 0.0991 e. The molecule has 3 heteroatoms. The predicted molar refractivity (Wildman–Crippen MR) is 63.5 cm³/mol. The molecular weight excluding hydrogens is 180 g/mol. The van der Waals surface area contributed by atoms with Crippen molar-refractivity contribution in [2.45, 2.75) is 27.7 Å². The lowest BCUT2D eigenvalue weighted by molar-refractivity contribution is 0.574. The summed E-state index contributed by atoms with van der Waals surface area (Å²) in [4.78, 5) is 4.40. The Balaban J connectivity index is 3.97. The Labute approximate surface area is 86.4 Å². The van der Waals surface area contributed by atoms with Crippen LogP contribution in [0, 0.1) is 11.3 Å². The zero-order chi connectivity index (χ0) is 10.5. The fraction of sp³-hybridized carbons (Fsp3) is 0.900. The highest BCUT2D eigenvalue weighted by Gasteiger charge is 2.15. The van der Waals surface area contributed by atoms with E-state index in [-0.39, 0.29) is 5.41 Å². The zero-order valence-electron chi connectivity index (χ0n) is 9.42. The smallest absolute Gasteiger partial charge is 0.0991 e. The van der Waals surface area contributed by atoms with Gasteiger partial charge >= 0.3 is 0 Å². The Kier molecular flexibility index (Phi) is 5.45. The van der Waals surface area contributed by atoms with Crippen LogP contribution >= 0.6 is 11.8 Å². The van der Waals surface area contributed by atoms with Gasteiger partial charge in [-0.1, -0.05) is 27.7 Å². The third-order valence-corrected chi connectivity index (χ3v) is 2.70. The van der Waals surface area contributed by atoms with Gasteiger partial charge in [0.15, 0.2) is 0 Å². The minimum absolute atomic E-state index is 0.0130. The molecule has 0 aromatic carbocycles. The molecule has 0 aliphatic carbocycles. The van der Waals surface area contributed by atoms with Crippen LogP contribution in [-0.4, -0.2) is 24.4 Å². The van der Waals surface area contributed by atoms with Gasteiger partial charge in [0.1, 0.15) is 0 Å². The van der Waals surface area contributed by atoms with Gasteiger partial charge in [0.25, 0.3) is 0 Å². The molecule has 0 heterocycles. The lowest BCUT2D eigenvalue weighted by atomic mass is 9.95. The molecule has 0 saturated heterocycles. The monoisotopic (exact) mass is 202 g/mol. The Hall–Kier alpha value is -0.180. The first-order valence-electron chi connectivity index (χ1n) is 4.67. The van der Waals surface area contributed by atoms with Crippen LogP contribution < -0.4 is 5.73 Å². The van der Waals surface area contributed by atoms with E-state index in [0.29, 0.717) is 5.92 Å². The molecule has 1 unspecified atom stereocenters. The maximum absolute atomic E-state index is 5.84. The van der Waals surface area contributed by atoms with E-state index < -0.39 is 0 Å². The number of hydrogen-bond acceptors (Lipinski definition) is 2. The molecule has 1 atom stereocenters. The standard InChI is InChI=1S/C10H22N2S/c1-8(7-13-5)6-12-9(11)10(2,3)4/h8H,6-7H2,1-5H3,(H2,11,12). The molecule has 2 nitrogen and oxygen atoms in total. The van der Waals surface area contributed by atoms with Gasteiger partial charge in [-0.2, -0.15) is 11.8 Å². The topological polar surface area (TPSA) is 38.4 Å². The lowest BCUT2D eigenvalue weighted by Crippen LogP contribution is -2.29. The second-order valence-electron chi connectivity index (χ2n) is 4.54. The van der Waals surface area contributed by atoms with Gasteiger partial charge < -0.3 is 5.73 Å². The Bertz CT molecular complexity index is 170. The number of amidine groups is 1. The van der Waals surface area contributed by atoms with Gasteiger partial charge in [0, 0.05) is 12.0 Å². The van der Waals surface area contributed by atoms with Crippen molar-refractivity contribution < 1.29 is 0 Å². The third kappa shape index (κ3) is 5.97. The van der Waals surface area contributed by atoms with E-state index in [1.54, 1.807) is 0 Å². The summed E-state index contributed by atoms with van der Waals surface area (Å²) in [6.07, 6.45) is 2.12. The summed E-state index contributed by atoms with van der Waals surface area (Å²) in [7, 11) is 0. The van der Waals surface area contributed by atoms with Gasteiger partial charge in [0.05, 0.1) is 5.84 Å². The fourth-order valence-electron chi connectivity index (χ4n) is 0.829. The second kappa shape index (κ2) is 5.53. The summed E-state index contributed by atoms with van der Waals surface area (Å²) >= 11 is 1.86. The molecule has 0 amide bonds. The van der Waals surface area contributed by atoms with E-state index in [2.05, 4.69) is 38.9 Å². The lowest BCUT2D eigenvalue weighted by Gasteiger charge is -2.18. The van der Waals surface area contributed by atoms with Crippen LogP contribution in [0.4, 0.5) is 0 Å². The number of nitrogens with zero attached hydrogens (tertiary/aromatic N) is 1. The predicted octanol–water partition coefficient (Wildman–Crippen LogP) is 2.39. The Morgan fingerprint density at radius 1 is 1.46 bits per heavy atom. The van der Waals surface area contributed by atoms with Crippen molar-refractivity contribution in [1.82, 2.24) is 0 Å². The molecule has 0 aromatic rings. The number of thioether (sulfide) groups is 1. The van der Waals surface area contributed by atoms with Crippen molar-refractivity contribution in [2.24, 2.45) is 22.1 Å². The summed E-state index contributed by atoms with van der Waals surface area (Å²) in [5.74, 6) is 2.54. The van der Waals surface area contributed by atoms with Crippen LogP contribution in [0.5, 0.6) is 0 Å². The van der Waals surface area contributed by atoms with Crippen molar-refractivity contribution in [3.8, 4) is 0 Å². The molecule has 0 fully saturated rings. The number of nitrogens with two attached hydrogens (primary N) is 1. The number of hydrogen-bond donors (Lipinski definition) is 1. The van der Waals surface area contributed by atoms with Crippen LogP contribution in [0.3, 0.4) is 0 Å². The van der Waals surface area contributed by atoms with E-state index >= 15 is 0 Å². The average molecular weight is 202 g/mol. The van der Waals surface area contributed by atoms with E-state index in [4.69, 9.17) is 5.73 Å². The highest BCUT2D eigenvalue weighted by molar-refractivity contribution is 7.98. The van der Waals surface area contributed by atoms with Gasteiger partial charge in [-0.15, -0.1) is 0 Å². The summed E-state index contributed by atoms with van der Waals surface area (Å²) in [5, 5.41) is 0. The first-order chi connectivity index (χ1) is 5.88. The molecular formula is C10H22N2S. The second-order valence-corrected chi connectivity index (χ2v) is 5.45. The molecule has 78 valence electrons. The molecule has 0 rings (SSSR count). The number of aliphatic imine (C=N–C) groups is 1. The van der Waals surface area contributed by atoms with Crippen molar-refractivity contribution in [3.63, 3.8) is 0 Å². The highest BCUT2D eigenvalue weighted by atomic mass is 32.2. The largest absolute Gasteiger partial charge is 0.387 e. The van der Waals surface area contributed by atoms with Gasteiger partial charge in [-0.3, -0.25) is 4.99 Å². The SMILES string of the molecule is CSCC(C)CN=C(N)C(C)(C)C. The number of rotatable bonds is 4. The molecule has 0 radical (unpaired) electrons. The molecule has 13 heavy (non-hydrogen) atoms. The summed E-state index contributed by atoms with van der Waals surface area (Å²) in [6, 6.07) is 0. The highest BCUT2D eigenvalue weighted by Crippen LogP contribution is 2.13. The Morgan fingerprint density at radius 2 is 2.00 bits per heavy atom. The minimum atomic E-state index is 0.0130. The minimum Gasteiger partial charge on any atom is -0.387 e. The average Bonchev–Trinajstić information content (AvgIpc) is 1.99. The molecule has 0 aromatic heterocycles. The van der Waals surface area contributed by atoms with Crippen molar-refractivity contribution in [3.05, 3.63) is 0 Å².